The van der Waals surface area contributed by atoms with Crippen LogP contribution in [0.25, 0.3) is 0 Å². The Morgan fingerprint density at radius 2 is 1.48 bits per heavy atom. The molecule has 0 spiro atoms. The standard InChI is InChI=1S/C29H34F2/c1-2-3-4-5-22-10-14-27-20-26(16-15-25(27)18-22)24-12-8-21(9-13-24)6-7-23-11-17-28(30)29(31)19-23/h8-9,11-13,17,19,22,25-27H,2-5,10,14-16,18,20H2,1H3. The lowest BCUT2D eigenvalue weighted by atomic mass is 9.63. The third kappa shape index (κ3) is 5.76. The summed E-state index contributed by atoms with van der Waals surface area (Å²) in [4.78, 5) is 0. The molecule has 4 unspecified atom stereocenters. The molecule has 2 saturated carbocycles. The van der Waals surface area contributed by atoms with Gasteiger partial charge in [-0.05, 0) is 91.7 Å². The highest BCUT2D eigenvalue weighted by atomic mass is 19.2. The van der Waals surface area contributed by atoms with Crippen LogP contribution in [0.4, 0.5) is 8.78 Å². The summed E-state index contributed by atoms with van der Waals surface area (Å²) in [6.07, 6.45) is 14.0. The minimum Gasteiger partial charge on any atom is -0.204 e. The Labute approximate surface area is 186 Å². The fourth-order valence-corrected chi connectivity index (χ4v) is 5.79. The number of fused-ring (bicyclic) bond motifs is 1. The van der Waals surface area contributed by atoms with E-state index in [9.17, 15) is 8.78 Å². The van der Waals surface area contributed by atoms with E-state index in [1.807, 2.05) is 0 Å². The molecule has 0 bridgehead atoms. The van der Waals surface area contributed by atoms with E-state index in [0.717, 1.165) is 35.4 Å². The largest absolute Gasteiger partial charge is 0.204 e. The van der Waals surface area contributed by atoms with Crippen molar-refractivity contribution in [3.8, 4) is 11.8 Å². The molecule has 2 heteroatoms. The molecule has 0 N–H and O–H groups in total. The van der Waals surface area contributed by atoms with Crippen molar-refractivity contribution in [1.82, 2.24) is 0 Å². The molecule has 4 atom stereocenters. The van der Waals surface area contributed by atoms with E-state index in [0.29, 0.717) is 11.5 Å². The quantitative estimate of drug-likeness (QED) is 0.337. The summed E-state index contributed by atoms with van der Waals surface area (Å²) in [6.45, 7) is 2.30. The molecule has 31 heavy (non-hydrogen) atoms. The highest BCUT2D eigenvalue weighted by molar-refractivity contribution is 5.44. The molecule has 0 radical (unpaired) electrons. The second kappa shape index (κ2) is 10.4. The van der Waals surface area contributed by atoms with Crippen molar-refractivity contribution in [2.24, 2.45) is 17.8 Å². The summed E-state index contributed by atoms with van der Waals surface area (Å²) in [5, 5.41) is 0. The number of unbranched alkanes of at least 4 members (excludes halogenated alkanes) is 2. The minimum absolute atomic E-state index is 0.492. The molecule has 164 valence electrons. The van der Waals surface area contributed by atoms with Gasteiger partial charge < -0.3 is 0 Å². The number of benzene rings is 2. The van der Waals surface area contributed by atoms with Gasteiger partial charge in [-0.2, -0.15) is 0 Å². The molecule has 0 aromatic heterocycles. The van der Waals surface area contributed by atoms with Gasteiger partial charge in [-0.15, -0.1) is 0 Å². The van der Waals surface area contributed by atoms with Crippen LogP contribution >= 0.6 is 0 Å². The average Bonchev–Trinajstić information content (AvgIpc) is 2.80. The van der Waals surface area contributed by atoms with Gasteiger partial charge in [-0.1, -0.05) is 63.0 Å². The predicted octanol–water partition coefficient (Wildman–Crippen LogP) is 8.24. The Bertz CT molecular complexity index is 918. The van der Waals surface area contributed by atoms with Gasteiger partial charge in [-0.3, -0.25) is 0 Å². The molecule has 0 saturated heterocycles. The van der Waals surface area contributed by atoms with Crippen LogP contribution in [0.1, 0.15) is 93.7 Å². The van der Waals surface area contributed by atoms with Crippen molar-refractivity contribution >= 4 is 0 Å². The molecule has 4 rings (SSSR count). The lowest BCUT2D eigenvalue weighted by Crippen LogP contribution is -2.30. The van der Waals surface area contributed by atoms with Crippen LogP contribution in [0.15, 0.2) is 42.5 Å². The van der Waals surface area contributed by atoms with Crippen LogP contribution in [0.3, 0.4) is 0 Å². The van der Waals surface area contributed by atoms with Gasteiger partial charge in [0.2, 0.25) is 0 Å². The van der Waals surface area contributed by atoms with Gasteiger partial charge in [0.15, 0.2) is 11.6 Å². The molecule has 2 aromatic rings. The molecule has 2 aliphatic rings. The van der Waals surface area contributed by atoms with Crippen LogP contribution in [-0.2, 0) is 0 Å². The van der Waals surface area contributed by atoms with E-state index in [4.69, 9.17) is 0 Å². The monoisotopic (exact) mass is 420 g/mol. The summed E-state index contributed by atoms with van der Waals surface area (Å²) in [5.74, 6) is 7.83. The van der Waals surface area contributed by atoms with Gasteiger partial charge in [0, 0.05) is 11.1 Å². The molecular formula is C29H34F2. The highest BCUT2D eigenvalue weighted by Crippen LogP contribution is 2.48. The first-order valence-corrected chi connectivity index (χ1v) is 12.2. The van der Waals surface area contributed by atoms with Crippen molar-refractivity contribution in [3.63, 3.8) is 0 Å². The van der Waals surface area contributed by atoms with E-state index in [2.05, 4.69) is 43.0 Å². The van der Waals surface area contributed by atoms with E-state index >= 15 is 0 Å². The second-order valence-corrected chi connectivity index (χ2v) is 9.71. The van der Waals surface area contributed by atoms with Crippen molar-refractivity contribution in [2.75, 3.05) is 0 Å². The van der Waals surface area contributed by atoms with E-state index in [1.165, 1.54) is 75.8 Å². The van der Waals surface area contributed by atoms with Crippen LogP contribution in [0.2, 0.25) is 0 Å². The molecular weight excluding hydrogens is 386 g/mol. The van der Waals surface area contributed by atoms with E-state index < -0.39 is 11.6 Å². The van der Waals surface area contributed by atoms with Gasteiger partial charge in [0.05, 0.1) is 0 Å². The maximum Gasteiger partial charge on any atom is 0.160 e. The van der Waals surface area contributed by atoms with Crippen molar-refractivity contribution < 1.29 is 8.78 Å². The number of halogens is 2. The van der Waals surface area contributed by atoms with Crippen molar-refractivity contribution in [2.45, 2.75) is 77.0 Å². The summed E-state index contributed by atoms with van der Waals surface area (Å²) >= 11 is 0. The Morgan fingerprint density at radius 3 is 2.26 bits per heavy atom. The lowest BCUT2D eigenvalue weighted by molar-refractivity contribution is 0.113. The zero-order valence-corrected chi connectivity index (χ0v) is 18.7. The Balaban J connectivity index is 1.32. The van der Waals surface area contributed by atoms with Gasteiger partial charge in [-0.25, -0.2) is 8.78 Å². The SMILES string of the molecule is CCCCCC1CCC2CC(c3ccc(C#Cc4ccc(F)c(F)c4)cc3)CCC2C1. The smallest absolute Gasteiger partial charge is 0.160 e. The van der Waals surface area contributed by atoms with Crippen molar-refractivity contribution in [3.05, 3.63) is 70.8 Å². The topological polar surface area (TPSA) is 0 Å². The number of hydrogen-bond acceptors (Lipinski definition) is 0. The maximum atomic E-state index is 13.3. The first-order chi connectivity index (χ1) is 15.1. The van der Waals surface area contributed by atoms with E-state index in [1.54, 1.807) is 0 Å². The Morgan fingerprint density at radius 1 is 0.774 bits per heavy atom. The second-order valence-electron chi connectivity index (χ2n) is 9.71. The molecule has 0 nitrogen and oxygen atoms in total. The van der Waals surface area contributed by atoms with Crippen LogP contribution in [0.5, 0.6) is 0 Å². The molecule has 0 aliphatic heterocycles. The zero-order valence-electron chi connectivity index (χ0n) is 18.7. The van der Waals surface area contributed by atoms with Crippen molar-refractivity contribution in [1.29, 1.82) is 0 Å². The summed E-state index contributed by atoms with van der Waals surface area (Å²) in [5.41, 5.74) is 2.84. The first-order valence-electron chi connectivity index (χ1n) is 12.2. The van der Waals surface area contributed by atoms with E-state index in [-0.39, 0.29) is 0 Å². The zero-order chi connectivity index (χ0) is 21.6. The minimum atomic E-state index is -0.854. The average molecular weight is 421 g/mol. The molecule has 0 amide bonds. The normalized spacial score (nSPS) is 25.4. The Kier molecular flexibility index (Phi) is 7.44. The van der Waals surface area contributed by atoms with Crippen LogP contribution in [0, 0.1) is 41.2 Å². The van der Waals surface area contributed by atoms with Crippen LogP contribution in [-0.4, -0.2) is 0 Å². The van der Waals surface area contributed by atoms with Gasteiger partial charge >= 0.3 is 0 Å². The molecule has 2 fully saturated rings. The van der Waals surface area contributed by atoms with Crippen LogP contribution < -0.4 is 0 Å². The number of rotatable bonds is 5. The number of hydrogen-bond donors (Lipinski definition) is 0. The summed E-state index contributed by atoms with van der Waals surface area (Å²) in [7, 11) is 0. The summed E-state index contributed by atoms with van der Waals surface area (Å²) < 4.78 is 26.4. The molecule has 0 heterocycles. The Hall–Kier alpha value is -2.14. The summed E-state index contributed by atoms with van der Waals surface area (Å²) in [6, 6.07) is 12.4. The lowest BCUT2D eigenvalue weighted by Gasteiger charge is -2.42. The molecule has 2 aromatic carbocycles. The third-order valence-corrected chi connectivity index (χ3v) is 7.59. The fourth-order valence-electron chi connectivity index (χ4n) is 5.79. The third-order valence-electron chi connectivity index (χ3n) is 7.59. The first kappa shape index (κ1) is 22.1. The van der Waals surface area contributed by atoms with Gasteiger partial charge in [0.25, 0.3) is 0 Å². The fraction of sp³-hybridized carbons (Fsp3) is 0.517. The maximum absolute atomic E-state index is 13.3. The predicted molar refractivity (Wildman–Crippen MR) is 124 cm³/mol. The van der Waals surface area contributed by atoms with Gasteiger partial charge in [0.1, 0.15) is 0 Å². The highest BCUT2D eigenvalue weighted by Gasteiger charge is 2.35. The molecule has 2 aliphatic carbocycles.